The maximum atomic E-state index is 12.7. The second kappa shape index (κ2) is 8.44. The van der Waals surface area contributed by atoms with E-state index in [1.807, 2.05) is 42.5 Å². The van der Waals surface area contributed by atoms with Gasteiger partial charge in [0.05, 0.1) is 22.8 Å². The van der Waals surface area contributed by atoms with Crippen LogP contribution in [-0.4, -0.2) is 14.7 Å². The van der Waals surface area contributed by atoms with E-state index < -0.39 is 0 Å². The molecule has 5 rings (SSSR count). The van der Waals surface area contributed by atoms with E-state index in [-0.39, 0.29) is 5.56 Å². The van der Waals surface area contributed by atoms with Crippen LogP contribution >= 0.6 is 0 Å². The first kappa shape index (κ1) is 20.2. The van der Waals surface area contributed by atoms with Gasteiger partial charge in [-0.05, 0) is 53.4 Å². The minimum atomic E-state index is -0.183. The molecule has 0 spiro atoms. The number of aromatic nitrogens is 3. The van der Waals surface area contributed by atoms with Gasteiger partial charge in [0.25, 0.3) is 5.56 Å². The number of aryl methyl sites for hydroxylation is 1. The Hall–Kier alpha value is -4.70. The highest BCUT2D eigenvalue weighted by molar-refractivity contribution is 5.82. The molecule has 0 bridgehead atoms. The molecule has 5 aromatic rings. The Morgan fingerprint density at radius 3 is 2.70 bits per heavy atom. The Kier molecular flexibility index (Phi) is 5.17. The van der Waals surface area contributed by atoms with Gasteiger partial charge in [0.1, 0.15) is 12.4 Å². The van der Waals surface area contributed by atoms with Crippen molar-refractivity contribution in [3.05, 3.63) is 106 Å². The topological polar surface area (TPSA) is 93.9 Å². The van der Waals surface area contributed by atoms with Crippen molar-refractivity contribution in [3.8, 4) is 28.9 Å². The second-order valence-electron chi connectivity index (χ2n) is 7.52. The average Bonchev–Trinajstić information content (AvgIpc) is 3.29. The molecule has 0 unspecified atom stereocenters. The fraction of sp³-hybridized carbons (Fsp3) is 0.0769. The SMILES string of the molecule is Cc1nc(-c2cccc(COc3ccc4ccc(=O)n(-c5cccc(C#N)c5)c4c3)c2)no1. The largest absolute Gasteiger partial charge is 0.489 e. The van der Waals surface area contributed by atoms with E-state index in [0.29, 0.717) is 40.8 Å². The molecule has 0 aliphatic carbocycles. The van der Waals surface area contributed by atoms with Gasteiger partial charge in [-0.2, -0.15) is 10.2 Å². The average molecular weight is 434 g/mol. The summed E-state index contributed by atoms with van der Waals surface area (Å²) in [7, 11) is 0. The molecule has 0 atom stereocenters. The van der Waals surface area contributed by atoms with E-state index in [1.165, 1.54) is 6.07 Å². The van der Waals surface area contributed by atoms with Gasteiger partial charge in [0.2, 0.25) is 11.7 Å². The first-order valence-corrected chi connectivity index (χ1v) is 10.3. The van der Waals surface area contributed by atoms with Crippen LogP contribution < -0.4 is 10.3 Å². The van der Waals surface area contributed by atoms with Crippen LogP contribution in [0.1, 0.15) is 17.0 Å². The molecule has 7 heteroatoms. The van der Waals surface area contributed by atoms with E-state index in [9.17, 15) is 10.1 Å². The summed E-state index contributed by atoms with van der Waals surface area (Å²) in [6.07, 6.45) is 0. The van der Waals surface area contributed by atoms with Gasteiger partial charge in [-0.3, -0.25) is 9.36 Å². The Balaban J connectivity index is 1.47. The second-order valence-corrected chi connectivity index (χ2v) is 7.52. The molecule has 160 valence electrons. The first-order valence-electron chi connectivity index (χ1n) is 10.3. The summed E-state index contributed by atoms with van der Waals surface area (Å²) in [5.41, 5.74) is 3.43. The summed E-state index contributed by atoms with van der Waals surface area (Å²) in [4.78, 5) is 17.0. The van der Waals surface area contributed by atoms with Crippen molar-refractivity contribution in [2.75, 3.05) is 0 Å². The van der Waals surface area contributed by atoms with Gasteiger partial charge in [0.15, 0.2) is 0 Å². The van der Waals surface area contributed by atoms with Crippen molar-refractivity contribution in [3.63, 3.8) is 0 Å². The first-order chi connectivity index (χ1) is 16.1. The summed E-state index contributed by atoms with van der Waals surface area (Å²) in [6.45, 7) is 2.08. The number of hydrogen-bond acceptors (Lipinski definition) is 6. The lowest BCUT2D eigenvalue weighted by Crippen LogP contribution is -2.17. The van der Waals surface area contributed by atoms with E-state index in [0.717, 1.165) is 16.5 Å². The molecule has 0 aliphatic heterocycles. The van der Waals surface area contributed by atoms with Gasteiger partial charge in [-0.25, -0.2) is 0 Å². The molecule has 0 saturated heterocycles. The summed E-state index contributed by atoms with van der Waals surface area (Å²) in [5.74, 6) is 1.66. The maximum absolute atomic E-state index is 12.7. The molecule has 0 amide bonds. The van der Waals surface area contributed by atoms with Crippen LogP contribution in [0.4, 0.5) is 0 Å². The zero-order valence-electron chi connectivity index (χ0n) is 17.7. The summed E-state index contributed by atoms with van der Waals surface area (Å²) in [5, 5.41) is 14.1. The summed E-state index contributed by atoms with van der Waals surface area (Å²) < 4.78 is 12.7. The van der Waals surface area contributed by atoms with Crippen LogP contribution in [0.5, 0.6) is 5.75 Å². The fourth-order valence-corrected chi connectivity index (χ4v) is 3.67. The maximum Gasteiger partial charge on any atom is 0.255 e. The molecule has 0 aliphatic rings. The zero-order valence-corrected chi connectivity index (χ0v) is 17.7. The highest BCUT2D eigenvalue weighted by atomic mass is 16.5. The molecule has 0 radical (unpaired) electrons. The quantitative estimate of drug-likeness (QED) is 0.394. The Morgan fingerprint density at radius 2 is 1.88 bits per heavy atom. The predicted molar refractivity (Wildman–Crippen MR) is 123 cm³/mol. The normalized spacial score (nSPS) is 10.8. The van der Waals surface area contributed by atoms with Crippen LogP contribution in [-0.2, 0) is 6.61 Å². The molecule has 33 heavy (non-hydrogen) atoms. The molecule has 3 aromatic carbocycles. The van der Waals surface area contributed by atoms with Crippen LogP contribution in [0.3, 0.4) is 0 Å². The molecule has 2 aromatic heterocycles. The Bertz CT molecular complexity index is 1580. The van der Waals surface area contributed by atoms with E-state index in [1.54, 1.807) is 41.8 Å². The summed E-state index contributed by atoms with van der Waals surface area (Å²) in [6, 6.07) is 25.7. The molecular formula is C26H18N4O3. The van der Waals surface area contributed by atoms with Crippen LogP contribution in [0.15, 0.2) is 88.2 Å². The van der Waals surface area contributed by atoms with Gasteiger partial charge in [0, 0.05) is 24.6 Å². The van der Waals surface area contributed by atoms with Crippen molar-refractivity contribution >= 4 is 10.9 Å². The number of hydrogen-bond donors (Lipinski definition) is 0. The number of benzene rings is 3. The zero-order chi connectivity index (χ0) is 22.8. The van der Waals surface area contributed by atoms with Crippen molar-refractivity contribution < 1.29 is 9.26 Å². The van der Waals surface area contributed by atoms with E-state index >= 15 is 0 Å². The van der Waals surface area contributed by atoms with Crippen molar-refractivity contribution in [1.29, 1.82) is 5.26 Å². The van der Waals surface area contributed by atoms with Crippen LogP contribution in [0.25, 0.3) is 28.0 Å². The third-order valence-electron chi connectivity index (χ3n) is 5.22. The monoisotopic (exact) mass is 434 g/mol. The number of nitriles is 1. The van der Waals surface area contributed by atoms with E-state index in [4.69, 9.17) is 9.26 Å². The third kappa shape index (κ3) is 4.10. The lowest BCUT2D eigenvalue weighted by atomic mass is 10.1. The fourth-order valence-electron chi connectivity index (χ4n) is 3.67. The predicted octanol–water partition coefficient (Wildman–Crippen LogP) is 4.80. The van der Waals surface area contributed by atoms with Crippen molar-refractivity contribution in [1.82, 2.24) is 14.7 Å². The Morgan fingerprint density at radius 1 is 1.03 bits per heavy atom. The molecular weight excluding hydrogens is 416 g/mol. The molecule has 0 N–H and O–H groups in total. The molecule has 2 heterocycles. The number of pyridine rings is 1. The lowest BCUT2D eigenvalue weighted by Gasteiger charge is -2.13. The standard InChI is InChI=1S/C26H18N4O3/c1-17-28-26(29-33-17)21-6-2-5-19(12-21)16-32-23-10-8-20-9-11-25(31)30(24(20)14-23)22-7-3-4-18(13-22)15-27/h2-14H,16H2,1H3. The highest BCUT2D eigenvalue weighted by Gasteiger charge is 2.09. The number of fused-ring (bicyclic) bond motifs is 1. The van der Waals surface area contributed by atoms with Gasteiger partial charge in [-0.1, -0.05) is 29.4 Å². The minimum absolute atomic E-state index is 0.183. The number of nitrogens with zero attached hydrogens (tertiary/aromatic N) is 4. The van der Waals surface area contributed by atoms with E-state index in [2.05, 4.69) is 16.2 Å². The van der Waals surface area contributed by atoms with Crippen molar-refractivity contribution in [2.24, 2.45) is 0 Å². The molecule has 0 fully saturated rings. The van der Waals surface area contributed by atoms with Crippen LogP contribution in [0.2, 0.25) is 0 Å². The van der Waals surface area contributed by atoms with Crippen molar-refractivity contribution in [2.45, 2.75) is 13.5 Å². The highest BCUT2D eigenvalue weighted by Crippen LogP contribution is 2.24. The third-order valence-corrected chi connectivity index (χ3v) is 5.22. The van der Waals surface area contributed by atoms with Crippen LogP contribution in [0, 0.1) is 18.3 Å². The Labute approximate surface area is 189 Å². The number of rotatable bonds is 5. The lowest BCUT2D eigenvalue weighted by molar-refractivity contribution is 0.306. The summed E-state index contributed by atoms with van der Waals surface area (Å²) >= 11 is 0. The molecule has 7 nitrogen and oxygen atoms in total. The van der Waals surface area contributed by atoms with Gasteiger partial charge in [-0.15, -0.1) is 0 Å². The smallest absolute Gasteiger partial charge is 0.255 e. The number of ether oxygens (including phenoxy) is 1. The van der Waals surface area contributed by atoms with Gasteiger partial charge < -0.3 is 9.26 Å². The van der Waals surface area contributed by atoms with Gasteiger partial charge >= 0.3 is 0 Å². The minimum Gasteiger partial charge on any atom is -0.489 e. The molecule has 0 saturated carbocycles.